The number of imidazole rings is 1. The molecule has 0 spiro atoms. The van der Waals surface area contributed by atoms with Crippen LogP contribution in [0.4, 0.5) is 0 Å². The number of piperidine rings is 1. The number of Topliss-reactive ketones (excluding diaryl/α,β-unsaturated/α-hetero) is 1. The topological polar surface area (TPSA) is 81.2 Å². The third kappa shape index (κ3) is 2.88. The van der Waals surface area contributed by atoms with Crippen LogP contribution in [0.5, 0.6) is 0 Å². The Morgan fingerprint density at radius 2 is 2.08 bits per heavy atom. The molecule has 1 saturated heterocycles. The standard InChI is InChI=1S/C18H22N4O3/c1-21-10-8-19-17(21)15(23)12-5-4-9-22(11-12)18(24)16-13-6-2-3-7-14(13)20-25-16/h8,10,12H,2-7,9,11H2,1H3/t12-/m1/s1. The van der Waals surface area contributed by atoms with E-state index in [0.717, 1.165) is 49.8 Å². The van der Waals surface area contributed by atoms with Crippen LogP contribution in [0.15, 0.2) is 16.9 Å². The number of aryl methyl sites for hydroxylation is 2. The SMILES string of the molecule is Cn1ccnc1C(=O)[C@@H]1CCCN(C(=O)c2onc3c2CCCC3)C1. The molecule has 1 amide bonds. The van der Waals surface area contributed by atoms with Crippen molar-refractivity contribution in [3.8, 4) is 0 Å². The molecule has 4 rings (SSSR count). The Hall–Kier alpha value is -2.44. The third-order valence-electron chi connectivity index (χ3n) is 5.28. The van der Waals surface area contributed by atoms with E-state index >= 15 is 0 Å². The molecule has 0 N–H and O–H groups in total. The second-order valence-electron chi connectivity index (χ2n) is 6.96. The summed E-state index contributed by atoms with van der Waals surface area (Å²) in [5, 5.41) is 4.08. The van der Waals surface area contributed by atoms with Crippen molar-refractivity contribution in [3.63, 3.8) is 0 Å². The van der Waals surface area contributed by atoms with Crippen LogP contribution in [0, 0.1) is 5.92 Å². The van der Waals surface area contributed by atoms with Crippen molar-refractivity contribution in [2.24, 2.45) is 13.0 Å². The smallest absolute Gasteiger partial charge is 0.292 e. The van der Waals surface area contributed by atoms with Crippen molar-refractivity contribution in [2.75, 3.05) is 13.1 Å². The number of carbonyl (C=O) groups excluding carboxylic acids is 2. The molecule has 1 fully saturated rings. The molecular formula is C18H22N4O3. The fourth-order valence-corrected chi connectivity index (χ4v) is 3.86. The zero-order chi connectivity index (χ0) is 17.4. The molecule has 3 heterocycles. The van der Waals surface area contributed by atoms with Crippen LogP contribution < -0.4 is 0 Å². The van der Waals surface area contributed by atoms with Gasteiger partial charge in [-0.25, -0.2) is 4.98 Å². The van der Waals surface area contributed by atoms with Gasteiger partial charge in [-0.05, 0) is 38.5 Å². The van der Waals surface area contributed by atoms with Gasteiger partial charge in [-0.1, -0.05) is 5.16 Å². The van der Waals surface area contributed by atoms with E-state index in [9.17, 15) is 9.59 Å². The predicted octanol–water partition coefficient (Wildman–Crippen LogP) is 2.02. The maximum absolute atomic E-state index is 12.9. The molecule has 1 atom stereocenters. The first-order valence-corrected chi connectivity index (χ1v) is 8.93. The largest absolute Gasteiger partial charge is 0.350 e. The van der Waals surface area contributed by atoms with Crippen molar-refractivity contribution in [2.45, 2.75) is 38.5 Å². The highest BCUT2D eigenvalue weighted by molar-refractivity contribution is 5.97. The van der Waals surface area contributed by atoms with Gasteiger partial charge in [0.25, 0.3) is 5.91 Å². The molecule has 2 aliphatic rings. The lowest BCUT2D eigenvalue weighted by molar-refractivity contribution is 0.0598. The fourth-order valence-electron chi connectivity index (χ4n) is 3.86. The first kappa shape index (κ1) is 16.1. The summed E-state index contributed by atoms with van der Waals surface area (Å²) < 4.78 is 7.11. The molecular weight excluding hydrogens is 320 g/mol. The predicted molar refractivity (Wildman–Crippen MR) is 89.3 cm³/mol. The summed E-state index contributed by atoms with van der Waals surface area (Å²) in [7, 11) is 1.81. The number of hydrogen-bond donors (Lipinski definition) is 0. The Morgan fingerprint density at radius 1 is 1.24 bits per heavy atom. The van der Waals surface area contributed by atoms with Crippen LogP contribution in [0.25, 0.3) is 0 Å². The van der Waals surface area contributed by atoms with Crippen molar-refractivity contribution in [1.82, 2.24) is 19.6 Å². The zero-order valence-corrected chi connectivity index (χ0v) is 14.4. The molecule has 2 aromatic rings. The Morgan fingerprint density at radius 3 is 2.88 bits per heavy atom. The summed E-state index contributed by atoms with van der Waals surface area (Å²) in [5.74, 6) is 0.492. The number of fused-ring (bicyclic) bond motifs is 1. The highest BCUT2D eigenvalue weighted by Gasteiger charge is 2.34. The van der Waals surface area contributed by atoms with Crippen molar-refractivity contribution >= 4 is 11.7 Å². The lowest BCUT2D eigenvalue weighted by Crippen LogP contribution is -2.43. The molecule has 0 bridgehead atoms. The second kappa shape index (κ2) is 6.46. The van der Waals surface area contributed by atoms with Crippen molar-refractivity contribution in [3.05, 3.63) is 35.2 Å². The molecule has 0 aromatic carbocycles. The van der Waals surface area contributed by atoms with Gasteiger partial charge in [-0.2, -0.15) is 0 Å². The molecule has 132 valence electrons. The summed E-state index contributed by atoms with van der Waals surface area (Å²) >= 11 is 0. The minimum atomic E-state index is -0.211. The van der Waals surface area contributed by atoms with E-state index in [2.05, 4.69) is 10.1 Å². The van der Waals surface area contributed by atoms with Crippen LogP contribution in [0.3, 0.4) is 0 Å². The van der Waals surface area contributed by atoms with Crippen LogP contribution >= 0.6 is 0 Å². The molecule has 0 unspecified atom stereocenters. The maximum atomic E-state index is 12.9. The second-order valence-corrected chi connectivity index (χ2v) is 6.96. The van der Waals surface area contributed by atoms with Gasteiger partial charge < -0.3 is 14.0 Å². The molecule has 7 heteroatoms. The fraction of sp³-hybridized carbons (Fsp3) is 0.556. The minimum Gasteiger partial charge on any atom is -0.350 e. The van der Waals surface area contributed by atoms with Gasteiger partial charge in [0.1, 0.15) is 0 Å². The first-order valence-electron chi connectivity index (χ1n) is 8.93. The summed E-state index contributed by atoms with van der Waals surface area (Å²) in [5.41, 5.74) is 1.89. The van der Waals surface area contributed by atoms with Gasteiger partial charge >= 0.3 is 0 Å². The molecule has 7 nitrogen and oxygen atoms in total. The molecule has 0 radical (unpaired) electrons. The Labute approximate surface area is 146 Å². The highest BCUT2D eigenvalue weighted by atomic mass is 16.5. The van der Waals surface area contributed by atoms with E-state index in [-0.39, 0.29) is 17.6 Å². The highest BCUT2D eigenvalue weighted by Crippen LogP contribution is 2.27. The Bertz CT molecular complexity index is 807. The normalized spacial score (nSPS) is 20.4. The Balaban J connectivity index is 1.51. The summed E-state index contributed by atoms with van der Waals surface area (Å²) in [6, 6.07) is 0. The average molecular weight is 342 g/mol. The quantitative estimate of drug-likeness (QED) is 0.797. The Kier molecular flexibility index (Phi) is 4.15. The monoisotopic (exact) mass is 342 g/mol. The van der Waals surface area contributed by atoms with E-state index < -0.39 is 0 Å². The van der Waals surface area contributed by atoms with E-state index in [1.54, 1.807) is 21.9 Å². The van der Waals surface area contributed by atoms with Crippen LogP contribution in [-0.4, -0.2) is 44.4 Å². The van der Waals surface area contributed by atoms with Crippen molar-refractivity contribution in [1.29, 1.82) is 0 Å². The number of ketones is 1. The number of rotatable bonds is 3. The van der Waals surface area contributed by atoms with Crippen LogP contribution in [-0.2, 0) is 19.9 Å². The van der Waals surface area contributed by atoms with Crippen LogP contribution in [0.1, 0.15) is 58.1 Å². The van der Waals surface area contributed by atoms with Gasteiger partial charge in [0.15, 0.2) is 5.82 Å². The maximum Gasteiger partial charge on any atom is 0.292 e. The number of nitrogens with zero attached hydrogens (tertiary/aromatic N) is 4. The summed E-state index contributed by atoms with van der Waals surface area (Å²) in [4.78, 5) is 31.5. The lowest BCUT2D eigenvalue weighted by atomic mass is 9.92. The third-order valence-corrected chi connectivity index (χ3v) is 5.28. The van der Waals surface area contributed by atoms with Crippen LogP contribution in [0.2, 0.25) is 0 Å². The minimum absolute atomic E-state index is 0.00426. The van der Waals surface area contributed by atoms with Gasteiger partial charge in [-0.3, -0.25) is 9.59 Å². The average Bonchev–Trinajstić information content (AvgIpc) is 3.27. The van der Waals surface area contributed by atoms with Gasteiger partial charge in [0.2, 0.25) is 11.5 Å². The number of amides is 1. The van der Waals surface area contributed by atoms with Gasteiger partial charge in [0, 0.05) is 44.0 Å². The lowest BCUT2D eigenvalue weighted by Gasteiger charge is -2.31. The zero-order valence-electron chi connectivity index (χ0n) is 14.4. The molecule has 1 aliphatic carbocycles. The molecule has 0 saturated carbocycles. The number of likely N-dealkylation sites (tertiary alicyclic amines) is 1. The number of carbonyl (C=O) groups is 2. The van der Waals surface area contributed by atoms with E-state index in [0.29, 0.717) is 24.7 Å². The van der Waals surface area contributed by atoms with E-state index in [1.165, 1.54) is 0 Å². The van der Waals surface area contributed by atoms with E-state index in [1.807, 2.05) is 7.05 Å². The first-order chi connectivity index (χ1) is 12.1. The van der Waals surface area contributed by atoms with Gasteiger partial charge in [-0.15, -0.1) is 0 Å². The molecule has 25 heavy (non-hydrogen) atoms. The van der Waals surface area contributed by atoms with Crippen molar-refractivity contribution < 1.29 is 14.1 Å². The summed E-state index contributed by atoms with van der Waals surface area (Å²) in [6.07, 6.45) is 8.87. The molecule has 2 aromatic heterocycles. The van der Waals surface area contributed by atoms with Gasteiger partial charge in [0.05, 0.1) is 5.69 Å². The number of aromatic nitrogens is 3. The molecule has 1 aliphatic heterocycles. The number of hydrogen-bond acceptors (Lipinski definition) is 5. The van der Waals surface area contributed by atoms with E-state index in [4.69, 9.17) is 4.52 Å². The summed E-state index contributed by atoms with van der Waals surface area (Å²) in [6.45, 7) is 1.07.